The Kier molecular flexibility index (Phi) is 3.51. The molecule has 0 N–H and O–H groups in total. The second kappa shape index (κ2) is 4.96. The molecule has 0 spiro atoms. The topological polar surface area (TPSA) is 26.3 Å². The van der Waals surface area contributed by atoms with Crippen molar-refractivity contribution in [1.29, 1.82) is 0 Å². The lowest BCUT2D eigenvalue weighted by molar-refractivity contribution is -0.00394. The van der Waals surface area contributed by atoms with Crippen LogP contribution in [0.5, 0.6) is 0 Å². The zero-order valence-corrected chi connectivity index (χ0v) is 10.7. The smallest absolute Gasteiger partial charge is 0.345 e. The van der Waals surface area contributed by atoms with Crippen molar-refractivity contribution >= 4 is 5.97 Å². The molecule has 0 fully saturated rings. The summed E-state index contributed by atoms with van der Waals surface area (Å²) in [6, 6.07) is 3.26. The summed E-state index contributed by atoms with van der Waals surface area (Å²) < 4.78 is 32.3. The third-order valence-corrected chi connectivity index (χ3v) is 3.32. The lowest BCUT2D eigenvalue weighted by Gasteiger charge is -2.32. The number of esters is 1. The molecule has 0 saturated carbocycles. The minimum atomic E-state index is -0.995. The van der Waals surface area contributed by atoms with Gasteiger partial charge in [0, 0.05) is 5.92 Å². The summed E-state index contributed by atoms with van der Waals surface area (Å²) in [7, 11) is 0. The zero-order valence-electron chi connectivity index (χ0n) is 10.7. The van der Waals surface area contributed by atoms with Gasteiger partial charge in [0.1, 0.15) is 22.8 Å². The molecule has 1 aromatic carbocycles. The lowest BCUT2D eigenvalue weighted by atomic mass is 9.86. The monoisotopic (exact) mass is 264 g/mol. The summed E-state index contributed by atoms with van der Waals surface area (Å²) in [6.07, 6.45) is 7.15. The molecular formula is C15H14F2O2. The van der Waals surface area contributed by atoms with Gasteiger partial charge in [-0.3, -0.25) is 0 Å². The van der Waals surface area contributed by atoms with Gasteiger partial charge in [-0.15, -0.1) is 0 Å². The van der Waals surface area contributed by atoms with Crippen LogP contribution in [0.1, 0.15) is 24.2 Å². The largest absolute Gasteiger partial charge is 0.451 e. The standard InChI is InChI=1S/C15H14F2O2/c1-10-6-3-4-9-15(10,2)19-14(18)13-11(16)7-5-8-12(13)17/h3-10H,1-2H3. The molecule has 2 rings (SSSR count). The van der Waals surface area contributed by atoms with E-state index in [-0.39, 0.29) is 5.92 Å². The van der Waals surface area contributed by atoms with Gasteiger partial charge in [-0.25, -0.2) is 13.6 Å². The van der Waals surface area contributed by atoms with Crippen LogP contribution >= 0.6 is 0 Å². The highest BCUT2D eigenvalue weighted by molar-refractivity contribution is 5.90. The summed E-state index contributed by atoms with van der Waals surface area (Å²) in [5, 5.41) is 0. The Labute approximate surface area is 110 Å². The Morgan fingerprint density at radius 3 is 2.47 bits per heavy atom. The van der Waals surface area contributed by atoms with Crippen molar-refractivity contribution < 1.29 is 18.3 Å². The van der Waals surface area contributed by atoms with Gasteiger partial charge in [-0.2, -0.15) is 0 Å². The Morgan fingerprint density at radius 2 is 1.89 bits per heavy atom. The number of hydrogen-bond acceptors (Lipinski definition) is 2. The van der Waals surface area contributed by atoms with E-state index in [1.165, 1.54) is 6.07 Å². The summed E-state index contributed by atoms with van der Waals surface area (Å²) in [4.78, 5) is 11.9. The molecule has 0 bridgehead atoms. The molecule has 2 nitrogen and oxygen atoms in total. The first kappa shape index (κ1) is 13.5. The van der Waals surface area contributed by atoms with Crippen LogP contribution in [0.3, 0.4) is 0 Å². The summed E-state index contributed by atoms with van der Waals surface area (Å²) in [6.45, 7) is 3.57. The van der Waals surface area contributed by atoms with Gasteiger partial charge in [0.05, 0.1) is 0 Å². The summed E-state index contributed by atoms with van der Waals surface area (Å²) in [5.41, 5.74) is -1.56. The Balaban J connectivity index is 2.27. The predicted molar refractivity (Wildman–Crippen MR) is 67.6 cm³/mol. The third-order valence-electron chi connectivity index (χ3n) is 3.32. The summed E-state index contributed by atoms with van der Waals surface area (Å²) in [5.74, 6) is -2.91. The average Bonchev–Trinajstić information content (AvgIpc) is 2.33. The van der Waals surface area contributed by atoms with Crippen LogP contribution in [0.2, 0.25) is 0 Å². The number of benzene rings is 1. The van der Waals surface area contributed by atoms with Crippen molar-refractivity contribution in [2.75, 3.05) is 0 Å². The van der Waals surface area contributed by atoms with Crippen LogP contribution < -0.4 is 0 Å². The molecule has 0 heterocycles. The number of ether oxygens (including phenoxy) is 1. The number of allylic oxidation sites excluding steroid dienone is 2. The Hall–Kier alpha value is -1.97. The van der Waals surface area contributed by atoms with Gasteiger partial charge in [0.2, 0.25) is 0 Å². The Morgan fingerprint density at radius 1 is 1.26 bits per heavy atom. The molecule has 19 heavy (non-hydrogen) atoms. The van der Waals surface area contributed by atoms with Crippen molar-refractivity contribution in [3.05, 3.63) is 59.7 Å². The van der Waals surface area contributed by atoms with E-state index in [2.05, 4.69) is 0 Å². The number of carbonyl (C=O) groups excluding carboxylic acids is 1. The molecule has 100 valence electrons. The van der Waals surface area contributed by atoms with E-state index in [0.29, 0.717) is 0 Å². The quantitative estimate of drug-likeness (QED) is 0.762. The first-order chi connectivity index (χ1) is 8.94. The minimum Gasteiger partial charge on any atom is -0.451 e. The van der Waals surface area contributed by atoms with E-state index < -0.39 is 28.8 Å². The van der Waals surface area contributed by atoms with Crippen molar-refractivity contribution in [3.63, 3.8) is 0 Å². The lowest BCUT2D eigenvalue weighted by Crippen LogP contribution is -2.37. The van der Waals surface area contributed by atoms with Gasteiger partial charge < -0.3 is 4.74 Å². The van der Waals surface area contributed by atoms with Crippen LogP contribution in [-0.4, -0.2) is 11.6 Å². The van der Waals surface area contributed by atoms with E-state index in [9.17, 15) is 13.6 Å². The highest BCUT2D eigenvalue weighted by atomic mass is 19.1. The van der Waals surface area contributed by atoms with Crippen molar-refractivity contribution in [1.82, 2.24) is 0 Å². The van der Waals surface area contributed by atoms with Gasteiger partial charge in [0.25, 0.3) is 0 Å². The van der Waals surface area contributed by atoms with E-state index in [1.54, 1.807) is 19.1 Å². The SMILES string of the molecule is CC1C=CC=CC1(C)OC(=O)c1c(F)cccc1F. The van der Waals surface area contributed by atoms with Crippen molar-refractivity contribution in [2.45, 2.75) is 19.4 Å². The fourth-order valence-electron chi connectivity index (χ4n) is 1.89. The average molecular weight is 264 g/mol. The second-order valence-corrected chi connectivity index (χ2v) is 4.70. The molecule has 0 aliphatic heterocycles. The molecule has 4 heteroatoms. The maximum Gasteiger partial charge on any atom is 0.345 e. The Bertz CT molecular complexity index is 543. The minimum absolute atomic E-state index is 0.0729. The number of carbonyl (C=O) groups is 1. The fourth-order valence-corrected chi connectivity index (χ4v) is 1.89. The number of halogens is 2. The van der Waals surface area contributed by atoms with Gasteiger partial charge in [0.15, 0.2) is 0 Å². The van der Waals surface area contributed by atoms with E-state index in [1.807, 2.05) is 19.1 Å². The third kappa shape index (κ3) is 2.57. The molecule has 2 unspecified atom stereocenters. The number of hydrogen-bond donors (Lipinski definition) is 0. The fraction of sp³-hybridized carbons (Fsp3) is 0.267. The maximum atomic E-state index is 13.5. The summed E-state index contributed by atoms with van der Waals surface area (Å²) >= 11 is 0. The van der Waals surface area contributed by atoms with Crippen LogP contribution in [-0.2, 0) is 4.74 Å². The van der Waals surface area contributed by atoms with E-state index in [4.69, 9.17) is 4.74 Å². The number of rotatable bonds is 2. The highest BCUT2D eigenvalue weighted by Crippen LogP contribution is 2.29. The van der Waals surface area contributed by atoms with Crippen LogP contribution in [0.15, 0.2) is 42.5 Å². The predicted octanol–water partition coefficient (Wildman–Crippen LogP) is 3.64. The molecule has 0 aromatic heterocycles. The van der Waals surface area contributed by atoms with Crippen LogP contribution in [0, 0.1) is 17.6 Å². The van der Waals surface area contributed by atoms with Gasteiger partial charge >= 0.3 is 5.97 Å². The highest BCUT2D eigenvalue weighted by Gasteiger charge is 2.34. The molecule has 0 amide bonds. The second-order valence-electron chi connectivity index (χ2n) is 4.70. The van der Waals surface area contributed by atoms with E-state index in [0.717, 1.165) is 12.1 Å². The van der Waals surface area contributed by atoms with Crippen molar-refractivity contribution in [2.24, 2.45) is 5.92 Å². The molecule has 0 radical (unpaired) electrons. The first-order valence-corrected chi connectivity index (χ1v) is 5.97. The molecule has 2 atom stereocenters. The zero-order chi connectivity index (χ0) is 14.0. The van der Waals surface area contributed by atoms with Gasteiger partial charge in [-0.1, -0.05) is 31.2 Å². The normalized spacial score (nSPS) is 25.4. The van der Waals surface area contributed by atoms with Crippen LogP contribution in [0.25, 0.3) is 0 Å². The van der Waals surface area contributed by atoms with Gasteiger partial charge in [-0.05, 0) is 25.1 Å². The molecular weight excluding hydrogens is 250 g/mol. The molecule has 1 aliphatic rings. The molecule has 1 aromatic rings. The van der Waals surface area contributed by atoms with E-state index >= 15 is 0 Å². The first-order valence-electron chi connectivity index (χ1n) is 5.97. The molecule has 0 saturated heterocycles. The van der Waals surface area contributed by atoms with Crippen LogP contribution in [0.4, 0.5) is 8.78 Å². The maximum absolute atomic E-state index is 13.5. The molecule has 1 aliphatic carbocycles. The van der Waals surface area contributed by atoms with Crippen molar-refractivity contribution in [3.8, 4) is 0 Å².